The largest absolute Gasteiger partial charge is 0.493 e. The number of benzene rings is 2. The molecule has 2 N–H and O–H groups in total. The Hall–Kier alpha value is -3.54. The fraction of sp³-hybridized carbons (Fsp3) is 0.182. The summed E-state index contributed by atoms with van der Waals surface area (Å²) in [5.74, 6) is 1.26. The lowest BCUT2D eigenvalue weighted by Crippen LogP contribution is -2.13. The zero-order valence-electron chi connectivity index (χ0n) is 16.4. The van der Waals surface area contributed by atoms with Crippen LogP contribution in [0, 0.1) is 13.8 Å². The monoisotopic (exact) mass is 377 g/mol. The Kier molecular flexibility index (Phi) is 5.79. The van der Waals surface area contributed by atoms with Gasteiger partial charge in [0.1, 0.15) is 5.82 Å². The van der Waals surface area contributed by atoms with Gasteiger partial charge in [0.25, 0.3) is 5.91 Å². The first-order chi connectivity index (χ1) is 13.5. The molecule has 0 atom stereocenters. The summed E-state index contributed by atoms with van der Waals surface area (Å²) in [6, 6.07) is 14.8. The standard InChI is InChI=1S/C22H23N3O3/c1-14-6-5-7-15(2)21(14)24-17-9-11-20(23-13-17)25-22(26)16-8-10-18(27-3)19(12-16)28-4/h5-13,24H,1-4H3,(H,23,25,26). The van der Waals surface area contributed by atoms with E-state index < -0.39 is 0 Å². The summed E-state index contributed by atoms with van der Waals surface area (Å²) < 4.78 is 10.4. The third kappa shape index (κ3) is 4.23. The predicted octanol–water partition coefficient (Wildman–Crippen LogP) is 4.71. The number of nitrogens with zero attached hydrogens (tertiary/aromatic N) is 1. The van der Waals surface area contributed by atoms with Crippen LogP contribution in [0.1, 0.15) is 21.5 Å². The van der Waals surface area contributed by atoms with Crippen LogP contribution in [-0.4, -0.2) is 25.1 Å². The number of aryl methyl sites for hydroxylation is 2. The molecule has 0 spiro atoms. The maximum absolute atomic E-state index is 12.5. The van der Waals surface area contributed by atoms with Gasteiger partial charge in [-0.3, -0.25) is 4.79 Å². The Bertz CT molecular complexity index is 965. The molecule has 0 aliphatic carbocycles. The van der Waals surface area contributed by atoms with Crippen molar-refractivity contribution in [2.45, 2.75) is 13.8 Å². The van der Waals surface area contributed by atoms with Crippen LogP contribution in [0.3, 0.4) is 0 Å². The number of hydrogen-bond acceptors (Lipinski definition) is 5. The van der Waals surface area contributed by atoms with E-state index in [0.717, 1.165) is 22.5 Å². The van der Waals surface area contributed by atoms with E-state index in [2.05, 4.69) is 41.6 Å². The summed E-state index contributed by atoms with van der Waals surface area (Å²) in [5.41, 5.74) is 4.68. The molecule has 0 fully saturated rings. The molecule has 6 heteroatoms. The van der Waals surface area contributed by atoms with Crippen LogP contribution in [0.5, 0.6) is 11.5 Å². The summed E-state index contributed by atoms with van der Waals surface area (Å²) in [5, 5.41) is 6.16. The zero-order chi connectivity index (χ0) is 20.1. The molecule has 0 saturated heterocycles. The number of ether oxygens (including phenoxy) is 2. The molecule has 3 aromatic rings. The molecule has 144 valence electrons. The number of para-hydroxylation sites is 1. The second-order valence-electron chi connectivity index (χ2n) is 6.35. The lowest BCUT2D eigenvalue weighted by Gasteiger charge is -2.13. The summed E-state index contributed by atoms with van der Waals surface area (Å²) in [4.78, 5) is 16.8. The highest BCUT2D eigenvalue weighted by molar-refractivity contribution is 6.04. The van der Waals surface area contributed by atoms with Crippen LogP contribution in [-0.2, 0) is 0 Å². The van der Waals surface area contributed by atoms with Gasteiger partial charge in [-0.05, 0) is 55.3 Å². The highest BCUT2D eigenvalue weighted by atomic mass is 16.5. The first-order valence-corrected chi connectivity index (χ1v) is 8.84. The second-order valence-corrected chi connectivity index (χ2v) is 6.35. The number of hydrogen-bond donors (Lipinski definition) is 2. The van der Waals surface area contributed by atoms with Gasteiger partial charge in [0.15, 0.2) is 11.5 Å². The Morgan fingerprint density at radius 3 is 2.25 bits per heavy atom. The smallest absolute Gasteiger partial charge is 0.256 e. The van der Waals surface area contributed by atoms with E-state index in [9.17, 15) is 4.79 Å². The van der Waals surface area contributed by atoms with Crippen LogP contribution in [0.2, 0.25) is 0 Å². The number of nitrogens with one attached hydrogen (secondary N) is 2. The SMILES string of the molecule is COc1ccc(C(=O)Nc2ccc(Nc3c(C)cccc3C)cn2)cc1OC. The minimum Gasteiger partial charge on any atom is -0.493 e. The van der Waals surface area contributed by atoms with Crippen molar-refractivity contribution in [3.05, 3.63) is 71.4 Å². The first-order valence-electron chi connectivity index (χ1n) is 8.84. The van der Waals surface area contributed by atoms with Gasteiger partial charge in [0.2, 0.25) is 0 Å². The Morgan fingerprint density at radius 1 is 0.929 bits per heavy atom. The molecule has 1 amide bonds. The van der Waals surface area contributed by atoms with Crippen molar-refractivity contribution in [1.29, 1.82) is 0 Å². The third-order valence-corrected chi connectivity index (χ3v) is 4.40. The van der Waals surface area contributed by atoms with Gasteiger partial charge in [0.05, 0.1) is 26.1 Å². The highest BCUT2D eigenvalue weighted by Gasteiger charge is 2.11. The summed E-state index contributed by atoms with van der Waals surface area (Å²) in [6.07, 6.45) is 1.69. The number of carbonyl (C=O) groups excluding carboxylic acids is 1. The first kappa shape index (κ1) is 19.2. The lowest BCUT2D eigenvalue weighted by atomic mass is 10.1. The van der Waals surface area contributed by atoms with Crippen molar-refractivity contribution in [3.63, 3.8) is 0 Å². The van der Waals surface area contributed by atoms with E-state index in [1.54, 1.807) is 37.6 Å². The van der Waals surface area contributed by atoms with Crippen LogP contribution in [0.25, 0.3) is 0 Å². The average Bonchev–Trinajstić information content (AvgIpc) is 2.71. The number of anilines is 3. The minimum absolute atomic E-state index is 0.274. The van der Waals surface area contributed by atoms with Gasteiger partial charge in [-0.1, -0.05) is 18.2 Å². The van der Waals surface area contributed by atoms with E-state index in [1.807, 2.05) is 12.1 Å². The van der Waals surface area contributed by atoms with Crippen molar-refractivity contribution in [2.75, 3.05) is 24.9 Å². The van der Waals surface area contributed by atoms with Crippen molar-refractivity contribution < 1.29 is 14.3 Å². The number of rotatable bonds is 6. The fourth-order valence-electron chi connectivity index (χ4n) is 2.86. The van der Waals surface area contributed by atoms with Crippen LogP contribution < -0.4 is 20.1 Å². The lowest BCUT2D eigenvalue weighted by molar-refractivity contribution is 0.102. The molecular weight excluding hydrogens is 354 g/mol. The Labute approximate surface area is 164 Å². The van der Waals surface area contributed by atoms with Crippen molar-refractivity contribution in [2.24, 2.45) is 0 Å². The average molecular weight is 377 g/mol. The van der Waals surface area contributed by atoms with Gasteiger partial charge in [-0.25, -0.2) is 4.98 Å². The molecule has 1 aromatic heterocycles. The molecule has 3 rings (SSSR count). The predicted molar refractivity (Wildman–Crippen MR) is 111 cm³/mol. The maximum atomic E-state index is 12.5. The zero-order valence-corrected chi connectivity index (χ0v) is 16.4. The number of aromatic nitrogens is 1. The molecule has 1 heterocycles. The van der Waals surface area contributed by atoms with E-state index in [4.69, 9.17) is 9.47 Å². The quantitative estimate of drug-likeness (QED) is 0.651. The van der Waals surface area contributed by atoms with Crippen LogP contribution in [0.15, 0.2) is 54.7 Å². The van der Waals surface area contributed by atoms with E-state index in [0.29, 0.717) is 22.9 Å². The molecular formula is C22H23N3O3. The molecule has 0 bridgehead atoms. The van der Waals surface area contributed by atoms with Crippen molar-refractivity contribution in [1.82, 2.24) is 4.98 Å². The molecule has 6 nitrogen and oxygen atoms in total. The number of amides is 1. The van der Waals surface area contributed by atoms with Crippen molar-refractivity contribution in [3.8, 4) is 11.5 Å². The summed E-state index contributed by atoms with van der Waals surface area (Å²) in [6.45, 7) is 4.11. The molecule has 0 saturated carbocycles. The number of carbonyl (C=O) groups is 1. The van der Waals surface area contributed by atoms with E-state index >= 15 is 0 Å². The maximum Gasteiger partial charge on any atom is 0.256 e. The molecule has 28 heavy (non-hydrogen) atoms. The van der Waals surface area contributed by atoms with E-state index in [-0.39, 0.29) is 5.91 Å². The van der Waals surface area contributed by atoms with Crippen molar-refractivity contribution >= 4 is 23.1 Å². The summed E-state index contributed by atoms with van der Waals surface area (Å²) >= 11 is 0. The van der Waals surface area contributed by atoms with Crippen LogP contribution in [0.4, 0.5) is 17.2 Å². The van der Waals surface area contributed by atoms with Crippen LogP contribution >= 0.6 is 0 Å². The number of pyridine rings is 1. The molecule has 0 unspecified atom stereocenters. The number of methoxy groups -OCH3 is 2. The van der Waals surface area contributed by atoms with Gasteiger partial charge in [-0.15, -0.1) is 0 Å². The summed E-state index contributed by atoms with van der Waals surface area (Å²) in [7, 11) is 3.08. The normalized spacial score (nSPS) is 10.3. The highest BCUT2D eigenvalue weighted by Crippen LogP contribution is 2.28. The fourth-order valence-corrected chi connectivity index (χ4v) is 2.86. The molecule has 0 aliphatic heterocycles. The van der Waals surface area contributed by atoms with Gasteiger partial charge >= 0.3 is 0 Å². The molecule has 0 radical (unpaired) electrons. The topological polar surface area (TPSA) is 72.5 Å². The molecule has 2 aromatic carbocycles. The minimum atomic E-state index is -0.274. The van der Waals surface area contributed by atoms with Gasteiger partial charge in [0, 0.05) is 11.3 Å². The second kappa shape index (κ2) is 8.43. The Morgan fingerprint density at radius 2 is 1.64 bits per heavy atom. The third-order valence-electron chi connectivity index (χ3n) is 4.40. The molecule has 0 aliphatic rings. The Balaban J connectivity index is 1.71. The van der Waals surface area contributed by atoms with Gasteiger partial charge in [-0.2, -0.15) is 0 Å². The van der Waals surface area contributed by atoms with E-state index in [1.165, 1.54) is 7.11 Å². The van der Waals surface area contributed by atoms with Gasteiger partial charge < -0.3 is 20.1 Å².